The summed E-state index contributed by atoms with van der Waals surface area (Å²) >= 11 is 1.47. The first-order valence-electron chi connectivity index (χ1n) is 10.1. The molecule has 0 saturated carbocycles. The van der Waals surface area contributed by atoms with Crippen molar-refractivity contribution in [2.45, 2.75) is 16.7 Å². The first-order valence-corrected chi connectivity index (χ1v) is 11.3. The summed E-state index contributed by atoms with van der Waals surface area (Å²) in [6, 6.07) is 15.8. The molecule has 174 valence electrons. The van der Waals surface area contributed by atoms with Crippen LogP contribution in [0.4, 0.5) is 4.39 Å². The quantitative estimate of drug-likeness (QED) is 0.498. The molecule has 2 aromatic rings. The van der Waals surface area contributed by atoms with Gasteiger partial charge in [0.05, 0.1) is 37.8 Å². The minimum absolute atomic E-state index is 0.251. The summed E-state index contributed by atoms with van der Waals surface area (Å²) in [5.74, 6) is -7.31. The Morgan fingerprint density at radius 2 is 1.56 bits per heavy atom. The van der Waals surface area contributed by atoms with Gasteiger partial charge in [0.2, 0.25) is 0 Å². The van der Waals surface area contributed by atoms with Gasteiger partial charge in [-0.3, -0.25) is 4.79 Å². The van der Waals surface area contributed by atoms with Crippen molar-refractivity contribution >= 4 is 23.7 Å². The van der Waals surface area contributed by atoms with Crippen LogP contribution in [0.25, 0.3) is 0 Å². The second-order valence-electron chi connectivity index (χ2n) is 7.62. The van der Waals surface area contributed by atoms with Gasteiger partial charge in [0, 0.05) is 10.8 Å². The van der Waals surface area contributed by atoms with Gasteiger partial charge < -0.3 is 14.6 Å². The van der Waals surface area contributed by atoms with E-state index in [-0.39, 0.29) is 11.1 Å². The number of thioether (sulfide) groups is 1. The molecule has 0 aliphatic heterocycles. The summed E-state index contributed by atoms with van der Waals surface area (Å²) in [6.07, 6.45) is 1.88. The molecule has 0 heterocycles. The molecule has 3 rings (SSSR count). The van der Waals surface area contributed by atoms with Crippen molar-refractivity contribution < 1.29 is 28.6 Å². The molecule has 7 nitrogen and oxygen atoms in total. The molecule has 0 spiro atoms. The number of hydrogen-bond donors (Lipinski definition) is 1. The normalized spacial score (nSPS) is 21.2. The van der Waals surface area contributed by atoms with E-state index < -0.39 is 46.7 Å². The maximum Gasteiger partial charge on any atom is 0.337 e. The topological polar surface area (TPSA) is 120 Å². The van der Waals surface area contributed by atoms with Crippen LogP contribution in [0.5, 0.6) is 0 Å². The Morgan fingerprint density at radius 1 is 1.00 bits per heavy atom. The molecule has 0 fully saturated rings. The molecule has 1 N–H and O–H groups in total. The average Bonchev–Trinajstić information content (AvgIpc) is 2.87. The predicted octanol–water partition coefficient (Wildman–Crippen LogP) is 4.24. The molecule has 0 aromatic heterocycles. The van der Waals surface area contributed by atoms with Crippen LogP contribution in [0.15, 0.2) is 64.8 Å². The molecule has 2 aromatic carbocycles. The van der Waals surface area contributed by atoms with Gasteiger partial charge in [-0.05, 0) is 41.6 Å². The SMILES string of the molecule is COC(=O)C1=C(O)[C@H](C(=O)OC)[C@H](c2ccc(F)cc2)C(C#N)(C#N)[C@@H]1c1ccc(SC)cc1. The van der Waals surface area contributed by atoms with Crippen molar-refractivity contribution in [3.63, 3.8) is 0 Å². The third-order valence-electron chi connectivity index (χ3n) is 6.05. The van der Waals surface area contributed by atoms with E-state index in [1.807, 2.05) is 18.4 Å². The van der Waals surface area contributed by atoms with Crippen molar-refractivity contribution in [3.8, 4) is 12.1 Å². The number of carbonyl (C=O) groups is 2. The zero-order valence-electron chi connectivity index (χ0n) is 18.6. The number of carbonyl (C=O) groups excluding carboxylic acids is 2. The van der Waals surface area contributed by atoms with Crippen molar-refractivity contribution in [1.82, 2.24) is 0 Å². The first-order chi connectivity index (χ1) is 16.3. The maximum atomic E-state index is 13.7. The van der Waals surface area contributed by atoms with Gasteiger partial charge in [0.15, 0.2) is 5.41 Å². The number of halogens is 1. The lowest BCUT2D eigenvalue weighted by atomic mass is 9.54. The molecule has 0 radical (unpaired) electrons. The first kappa shape index (κ1) is 24.8. The Bertz CT molecular complexity index is 1200. The molecule has 34 heavy (non-hydrogen) atoms. The summed E-state index contributed by atoms with van der Waals surface area (Å²) in [4.78, 5) is 26.6. The highest BCUT2D eigenvalue weighted by molar-refractivity contribution is 7.98. The van der Waals surface area contributed by atoms with Crippen LogP contribution in [-0.2, 0) is 19.1 Å². The Morgan fingerprint density at radius 3 is 2.03 bits per heavy atom. The Balaban J connectivity index is 2.45. The minimum atomic E-state index is -2.06. The zero-order chi connectivity index (χ0) is 25.0. The zero-order valence-corrected chi connectivity index (χ0v) is 19.4. The number of nitrogens with zero attached hydrogens (tertiary/aromatic N) is 2. The second-order valence-corrected chi connectivity index (χ2v) is 8.50. The molecule has 3 atom stereocenters. The number of ether oxygens (including phenoxy) is 2. The molecule has 9 heteroatoms. The largest absolute Gasteiger partial charge is 0.511 e. The number of esters is 2. The molecular weight excluding hydrogens is 459 g/mol. The van der Waals surface area contributed by atoms with Crippen LogP contribution in [0, 0.1) is 39.8 Å². The van der Waals surface area contributed by atoms with Crippen LogP contribution in [-0.4, -0.2) is 37.5 Å². The Hall–Kier alpha value is -3.82. The summed E-state index contributed by atoms with van der Waals surface area (Å²) < 4.78 is 23.4. The second kappa shape index (κ2) is 9.98. The molecule has 0 unspecified atom stereocenters. The molecule has 0 bridgehead atoms. The Labute approximate surface area is 200 Å². The average molecular weight is 481 g/mol. The number of nitriles is 2. The number of benzene rings is 2. The summed E-state index contributed by atoms with van der Waals surface area (Å²) in [7, 11) is 2.18. The van der Waals surface area contributed by atoms with Gasteiger partial charge in [0.25, 0.3) is 0 Å². The van der Waals surface area contributed by atoms with Gasteiger partial charge in [-0.15, -0.1) is 11.8 Å². The third kappa shape index (κ3) is 4.00. The van der Waals surface area contributed by atoms with Gasteiger partial charge in [-0.1, -0.05) is 24.3 Å². The van der Waals surface area contributed by atoms with Gasteiger partial charge in [-0.25, -0.2) is 9.18 Å². The van der Waals surface area contributed by atoms with Crippen LogP contribution in [0.3, 0.4) is 0 Å². The van der Waals surface area contributed by atoms with Crippen molar-refractivity contribution in [2.24, 2.45) is 11.3 Å². The number of hydrogen-bond acceptors (Lipinski definition) is 8. The number of aliphatic hydroxyl groups is 1. The van der Waals surface area contributed by atoms with Gasteiger partial charge in [0.1, 0.15) is 17.5 Å². The van der Waals surface area contributed by atoms with Gasteiger partial charge in [-0.2, -0.15) is 10.5 Å². The van der Waals surface area contributed by atoms with Crippen molar-refractivity contribution in [1.29, 1.82) is 10.5 Å². The van der Waals surface area contributed by atoms with Gasteiger partial charge >= 0.3 is 11.9 Å². The summed E-state index contributed by atoms with van der Waals surface area (Å²) in [5, 5.41) is 32.1. The molecule has 0 saturated heterocycles. The minimum Gasteiger partial charge on any atom is -0.511 e. The number of aliphatic hydroxyl groups excluding tert-OH is 1. The summed E-state index contributed by atoms with van der Waals surface area (Å²) in [6.45, 7) is 0. The van der Waals surface area contributed by atoms with E-state index in [4.69, 9.17) is 9.47 Å². The predicted molar refractivity (Wildman–Crippen MR) is 121 cm³/mol. The van der Waals surface area contributed by atoms with Crippen molar-refractivity contribution in [3.05, 3.63) is 76.8 Å². The standard InChI is InChI=1S/C25H21FN2O5S/c1-32-23(30)18-20(14-4-8-16(26)9-5-14)25(12-27,13-28)21(19(22(18)29)24(31)33-2)15-6-10-17(34-3)11-7-15/h4-11,18,20-21,29H,1-3H3/t18-,20+,21-/m1/s1. The van der Waals surface area contributed by atoms with Crippen LogP contribution >= 0.6 is 11.8 Å². The van der Waals surface area contributed by atoms with Crippen LogP contribution in [0.1, 0.15) is 23.0 Å². The molecular formula is C25H21FN2O5S. The smallest absolute Gasteiger partial charge is 0.337 e. The Kier molecular flexibility index (Phi) is 7.29. The van der Waals surface area contributed by atoms with Crippen molar-refractivity contribution in [2.75, 3.05) is 20.5 Å². The van der Waals surface area contributed by atoms with E-state index in [2.05, 4.69) is 0 Å². The molecule has 1 aliphatic carbocycles. The third-order valence-corrected chi connectivity index (χ3v) is 6.79. The fourth-order valence-electron chi connectivity index (χ4n) is 4.50. The van der Waals surface area contributed by atoms with E-state index in [0.717, 1.165) is 31.2 Å². The van der Waals surface area contributed by atoms with Crippen LogP contribution in [0.2, 0.25) is 0 Å². The van der Waals surface area contributed by atoms with E-state index in [1.54, 1.807) is 24.3 Å². The van der Waals surface area contributed by atoms with E-state index in [1.165, 1.54) is 23.9 Å². The molecule has 0 amide bonds. The fourth-order valence-corrected chi connectivity index (χ4v) is 4.90. The summed E-state index contributed by atoms with van der Waals surface area (Å²) in [5.41, 5.74) is -1.80. The number of rotatable bonds is 5. The van der Waals surface area contributed by atoms with E-state index in [9.17, 15) is 29.6 Å². The highest BCUT2D eigenvalue weighted by Gasteiger charge is 2.61. The van der Waals surface area contributed by atoms with E-state index >= 15 is 0 Å². The highest BCUT2D eigenvalue weighted by atomic mass is 32.2. The molecule has 1 aliphatic rings. The van der Waals surface area contributed by atoms with Crippen LogP contribution < -0.4 is 0 Å². The lowest BCUT2D eigenvalue weighted by Gasteiger charge is -2.44. The lowest BCUT2D eigenvalue weighted by Crippen LogP contribution is -2.47. The fraction of sp³-hybridized carbons (Fsp3) is 0.280. The monoisotopic (exact) mass is 480 g/mol. The highest BCUT2D eigenvalue weighted by Crippen LogP contribution is 2.59. The number of methoxy groups -OCH3 is 2. The lowest BCUT2D eigenvalue weighted by molar-refractivity contribution is -0.147. The maximum absolute atomic E-state index is 13.7. The van der Waals surface area contributed by atoms with E-state index in [0.29, 0.717) is 5.56 Å².